The smallest absolute Gasteiger partial charge is 0.306 e. The lowest BCUT2D eigenvalue weighted by atomic mass is 9.35. The molecule has 0 aromatic heterocycles. The van der Waals surface area contributed by atoms with Crippen LogP contribution < -0.4 is 10.6 Å². The Morgan fingerprint density at radius 2 is 1.66 bits per heavy atom. The topological polar surface area (TPSA) is 153 Å². The van der Waals surface area contributed by atoms with Gasteiger partial charge < -0.3 is 26.0 Å². The van der Waals surface area contributed by atoms with E-state index in [9.17, 15) is 34.5 Å². The Balaban J connectivity index is 1.20. The highest BCUT2D eigenvalue weighted by Gasteiger charge is 2.66. The van der Waals surface area contributed by atoms with Crippen molar-refractivity contribution < 1.29 is 34.5 Å². The van der Waals surface area contributed by atoms with Gasteiger partial charge in [0.2, 0.25) is 6.41 Å². The van der Waals surface area contributed by atoms with Crippen LogP contribution in [0.25, 0.3) is 0 Å². The molecule has 0 aliphatic heterocycles. The van der Waals surface area contributed by atoms with Crippen LogP contribution in [0.2, 0.25) is 0 Å². The molecule has 5 N–H and O–H groups in total. The summed E-state index contributed by atoms with van der Waals surface area (Å²) in [6, 6.07) is 0. The number of carbonyl (C=O) groups excluding carboxylic acids is 3. The molecular formula is C41H64N2O7. The Hall–Kier alpha value is -2.10. The van der Waals surface area contributed by atoms with Crippen molar-refractivity contribution in [1.29, 1.82) is 0 Å². The minimum Gasteiger partial charge on any atom is -0.481 e. The molecule has 0 spiro atoms. The van der Waals surface area contributed by atoms with Crippen molar-refractivity contribution in [3.63, 3.8) is 0 Å². The van der Waals surface area contributed by atoms with Gasteiger partial charge >= 0.3 is 5.97 Å². The van der Waals surface area contributed by atoms with Crippen molar-refractivity contribution >= 4 is 23.9 Å². The molecule has 280 valence electrons. The number of aliphatic hydroxyl groups is 2. The van der Waals surface area contributed by atoms with Crippen LogP contribution in [0.1, 0.15) is 126 Å². The molecule has 6 rings (SSSR count). The monoisotopic (exact) mass is 696 g/mol. The summed E-state index contributed by atoms with van der Waals surface area (Å²) in [5, 5.41) is 34.6. The Morgan fingerprint density at radius 1 is 0.960 bits per heavy atom. The van der Waals surface area contributed by atoms with E-state index in [4.69, 9.17) is 0 Å². The maximum atomic E-state index is 13.8. The van der Waals surface area contributed by atoms with Crippen LogP contribution in [0.4, 0.5) is 0 Å². The highest BCUT2D eigenvalue weighted by molar-refractivity contribution is 6.00. The number of amides is 1. The summed E-state index contributed by atoms with van der Waals surface area (Å²) in [6.07, 6.45) is 11.5. The van der Waals surface area contributed by atoms with Crippen molar-refractivity contribution in [2.24, 2.45) is 74.9 Å². The fourth-order valence-electron chi connectivity index (χ4n) is 13.8. The molecule has 6 aliphatic rings. The van der Waals surface area contributed by atoms with Crippen LogP contribution in [-0.4, -0.2) is 58.3 Å². The van der Waals surface area contributed by atoms with Crippen LogP contribution in [-0.2, 0) is 19.2 Å². The third-order valence-electron chi connectivity index (χ3n) is 16.4. The zero-order valence-electron chi connectivity index (χ0n) is 31.6. The number of ketones is 2. The van der Waals surface area contributed by atoms with E-state index in [1.54, 1.807) is 0 Å². The van der Waals surface area contributed by atoms with Crippen molar-refractivity contribution in [1.82, 2.24) is 10.6 Å². The molecule has 1 amide bonds. The Morgan fingerprint density at radius 3 is 2.30 bits per heavy atom. The zero-order valence-corrected chi connectivity index (χ0v) is 31.6. The van der Waals surface area contributed by atoms with Crippen molar-refractivity contribution in [2.45, 2.75) is 131 Å². The number of carbonyl (C=O) groups is 4. The van der Waals surface area contributed by atoms with Crippen molar-refractivity contribution in [2.75, 3.05) is 13.1 Å². The molecule has 0 bridgehead atoms. The first-order valence-corrected chi connectivity index (χ1v) is 19.7. The summed E-state index contributed by atoms with van der Waals surface area (Å²) < 4.78 is 0. The second-order valence-electron chi connectivity index (χ2n) is 19.2. The quantitative estimate of drug-likeness (QED) is 0.0965. The SMILES string of the molecule is CC(C)C1=C2C3CCC4C(C)(CCC5C(C)(C)C(CC(=O)C6CC(C(=O)O)C6C)CCC54C)C3CCC2(CCNCC(O)(O)NC=O)CC1=O. The van der Waals surface area contributed by atoms with Gasteiger partial charge in [-0.3, -0.25) is 19.2 Å². The second kappa shape index (κ2) is 13.1. The largest absolute Gasteiger partial charge is 0.481 e. The number of fused-ring (bicyclic) bond motifs is 7. The molecule has 0 aromatic carbocycles. The van der Waals surface area contributed by atoms with Gasteiger partial charge in [0.25, 0.3) is 5.91 Å². The average Bonchev–Trinajstić information content (AvgIpc) is 3.32. The molecule has 9 nitrogen and oxygen atoms in total. The number of carboxylic acids is 1. The van der Waals surface area contributed by atoms with E-state index in [1.165, 1.54) is 12.0 Å². The number of rotatable bonds is 12. The van der Waals surface area contributed by atoms with E-state index in [-0.39, 0.29) is 64.1 Å². The highest BCUT2D eigenvalue weighted by Crippen LogP contribution is 2.74. The Labute approximate surface area is 299 Å². The first kappa shape index (κ1) is 37.7. The van der Waals surface area contributed by atoms with E-state index < -0.39 is 11.9 Å². The van der Waals surface area contributed by atoms with Gasteiger partial charge in [-0.1, -0.05) is 54.0 Å². The van der Waals surface area contributed by atoms with Gasteiger partial charge in [-0.25, -0.2) is 0 Å². The number of hydrogen-bond donors (Lipinski definition) is 5. The van der Waals surface area contributed by atoms with E-state index in [0.29, 0.717) is 61.2 Å². The van der Waals surface area contributed by atoms with Crippen molar-refractivity contribution in [3.8, 4) is 0 Å². The predicted molar refractivity (Wildman–Crippen MR) is 190 cm³/mol. The summed E-state index contributed by atoms with van der Waals surface area (Å²) >= 11 is 0. The van der Waals surface area contributed by atoms with Crippen LogP contribution in [0, 0.1) is 74.9 Å². The molecule has 0 heterocycles. The van der Waals surface area contributed by atoms with Gasteiger partial charge in [-0.05, 0) is 134 Å². The minimum absolute atomic E-state index is 0.0297. The van der Waals surface area contributed by atoms with Gasteiger partial charge in [0, 0.05) is 24.2 Å². The molecule has 0 saturated heterocycles. The van der Waals surface area contributed by atoms with Crippen molar-refractivity contribution in [3.05, 3.63) is 11.1 Å². The number of Topliss-reactive ketones (excluding diaryl/α,β-unsaturated/α-hetero) is 2. The molecule has 5 fully saturated rings. The lowest BCUT2D eigenvalue weighted by Crippen LogP contribution is -2.62. The number of allylic oxidation sites excluding steroid dienone is 2. The number of hydrogen-bond acceptors (Lipinski definition) is 7. The lowest BCUT2D eigenvalue weighted by molar-refractivity contribution is -0.193. The van der Waals surface area contributed by atoms with Crippen LogP contribution in [0.3, 0.4) is 0 Å². The summed E-state index contributed by atoms with van der Waals surface area (Å²) in [7, 11) is 0. The normalized spacial score (nSPS) is 42.2. The van der Waals surface area contributed by atoms with Crippen LogP contribution in [0.5, 0.6) is 0 Å². The fraction of sp³-hybridized carbons (Fsp3) is 0.854. The fourth-order valence-corrected chi connectivity index (χ4v) is 13.8. The van der Waals surface area contributed by atoms with Gasteiger partial charge in [0.1, 0.15) is 5.78 Å². The summed E-state index contributed by atoms with van der Waals surface area (Å²) in [6.45, 7) is 16.6. The average molecular weight is 697 g/mol. The minimum atomic E-state index is -2.31. The standard InChI is InChI=1S/C41H64N2O7/c1-23(2)34-31(46)20-40(16-17-42-21-41(49,50)43-22-44)15-11-29-26(35(34)40)8-9-33-38(29,6)14-12-32-37(4,5)25(10-13-39(32,33)7)18-30(45)27-19-28(24(27)3)36(47)48/h22-29,32-33,42,49-50H,8-21H2,1-7H3,(H,43,44)(H,47,48). The molecule has 6 aliphatic carbocycles. The molecular weight excluding hydrogens is 632 g/mol. The maximum Gasteiger partial charge on any atom is 0.306 e. The van der Waals surface area contributed by atoms with E-state index in [1.807, 2.05) is 12.2 Å². The predicted octanol–water partition coefficient (Wildman–Crippen LogP) is 5.87. The van der Waals surface area contributed by atoms with Gasteiger partial charge in [0.15, 0.2) is 5.78 Å². The Kier molecular flexibility index (Phi) is 9.85. The number of carboxylic acid groups (broad SMARTS) is 1. The van der Waals surface area contributed by atoms with Crippen LogP contribution in [0.15, 0.2) is 11.1 Å². The van der Waals surface area contributed by atoms with Gasteiger partial charge in [0.05, 0.1) is 12.5 Å². The lowest BCUT2D eigenvalue weighted by Gasteiger charge is -2.69. The zero-order chi connectivity index (χ0) is 36.6. The highest BCUT2D eigenvalue weighted by atomic mass is 16.5. The summed E-state index contributed by atoms with van der Waals surface area (Å²) in [5.74, 6) is -0.519. The van der Waals surface area contributed by atoms with Gasteiger partial charge in [-0.2, -0.15) is 0 Å². The molecule has 50 heavy (non-hydrogen) atoms. The number of nitrogens with one attached hydrogen (secondary N) is 2. The second-order valence-corrected chi connectivity index (χ2v) is 19.2. The molecule has 5 saturated carbocycles. The summed E-state index contributed by atoms with van der Waals surface area (Å²) in [4.78, 5) is 49.7. The third-order valence-corrected chi connectivity index (χ3v) is 16.4. The van der Waals surface area contributed by atoms with E-state index in [0.717, 1.165) is 56.9 Å². The molecule has 11 unspecified atom stereocenters. The van der Waals surface area contributed by atoms with E-state index in [2.05, 4.69) is 46.9 Å². The first-order chi connectivity index (χ1) is 23.3. The molecule has 9 heteroatoms. The molecule has 0 radical (unpaired) electrons. The van der Waals surface area contributed by atoms with Crippen LogP contribution >= 0.6 is 0 Å². The Bertz CT molecular complexity index is 1420. The summed E-state index contributed by atoms with van der Waals surface area (Å²) in [5.41, 5.74) is 2.68. The number of aliphatic carboxylic acids is 1. The molecule has 0 aromatic rings. The van der Waals surface area contributed by atoms with Gasteiger partial charge in [-0.15, -0.1) is 0 Å². The maximum absolute atomic E-state index is 13.8. The van der Waals surface area contributed by atoms with E-state index >= 15 is 0 Å². The molecule has 11 atom stereocenters. The first-order valence-electron chi connectivity index (χ1n) is 19.7. The third kappa shape index (κ3) is 5.93.